The van der Waals surface area contributed by atoms with Gasteiger partial charge in [-0.1, -0.05) is 6.07 Å². The van der Waals surface area contributed by atoms with Gasteiger partial charge in [0.2, 0.25) is 0 Å². The van der Waals surface area contributed by atoms with Gasteiger partial charge in [-0.25, -0.2) is 0 Å². The van der Waals surface area contributed by atoms with Crippen LogP contribution in [0.2, 0.25) is 0 Å². The van der Waals surface area contributed by atoms with Crippen molar-refractivity contribution in [2.45, 2.75) is 0 Å². The molecule has 2 aromatic rings. The maximum atomic E-state index is 3.54. The third-order valence-corrected chi connectivity index (χ3v) is 6.08. The van der Waals surface area contributed by atoms with Gasteiger partial charge >= 0.3 is 0 Å². The smallest absolute Gasteiger partial charge is 0.0552 e. The van der Waals surface area contributed by atoms with Crippen LogP contribution in [0.25, 0.3) is 0 Å². The van der Waals surface area contributed by atoms with E-state index in [0.29, 0.717) is 0 Å². The maximum absolute atomic E-state index is 3.54. The first-order valence-electron chi connectivity index (χ1n) is 4.74. The Balaban J connectivity index is 2.31. The van der Waals surface area contributed by atoms with Crippen molar-refractivity contribution in [3.63, 3.8) is 0 Å². The molecule has 0 atom stereocenters. The van der Waals surface area contributed by atoms with Crippen molar-refractivity contribution < 1.29 is 0 Å². The molecule has 0 unspecified atom stereocenters. The summed E-state index contributed by atoms with van der Waals surface area (Å²) >= 11 is 14.0. The van der Waals surface area contributed by atoms with E-state index in [0.717, 1.165) is 29.3 Å². The molecule has 0 saturated heterocycles. The fraction of sp³-hybridized carbons (Fsp3) is 0. The third-order valence-electron chi connectivity index (χ3n) is 2.15. The van der Waals surface area contributed by atoms with Gasteiger partial charge in [-0.15, -0.1) is 0 Å². The monoisotopic (exact) mass is 481 g/mol. The summed E-state index contributed by atoms with van der Waals surface area (Å²) < 4.78 is 4.10. The molecule has 17 heavy (non-hydrogen) atoms. The fourth-order valence-corrected chi connectivity index (χ4v) is 2.68. The van der Waals surface area contributed by atoms with E-state index < -0.39 is 0 Å². The summed E-state index contributed by atoms with van der Waals surface area (Å²) in [4.78, 5) is 0. The molecule has 0 aliphatic carbocycles. The SMILES string of the molecule is Brc1ccc(Nc2cccc(Br)c2Br)cc1Br. The number of benzene rings is 2. The lowest BCUT2D eigenvalue weighted by Gasteiger charge is -2.10. The molecule has 5 heteroatoms. The van der Waals surface area contributed by atoms with E-state index in [4.69, 9.17) is 0 Å². The van der Waals surface area contributed by atoms with Crippen LogP contribution >= 0.6 is 63.7 Å². The molecular weight excluding hydrogens is 478 g/mol. The maximum Gasteiger partial charge on any atom is 0.0552 e. The van der Waals surface area contributed by atoms with E-state index in [1.807, 2.05) is 36.4 Å². The van der Waals surface area contributed by atoms with Gasteiger partial charge in [-0.2, -0.15) is 0 Å². The van der Waals surface area contributed by atoms with Gasteiger partial charge in [0, 0.05) is 19.1 Å². The first kappa shape index (κ1) is 13.6. The Morgan fingerprint density at radius 1 is 0.765 bits per heavy atom. The van der Waals surface area contributed by atoms with Gasteiger partial charge in [0.15, 0.2) is 0 Å². The number of anilines is 2. The molecule has 2 rings (SSSR count). The van der Waals surface area contributed by atoms with Crippen LogP contribution in [0.5, 0.6) is 0 Å². The van der Waals surface area contributed by atoms with Crippen LogP contribution < -0.4 is 5.32 Å². The van der Waals surface area contributed by atoms with Crippen molar-refractivity contribution in [1.82, 2.24) is 0 Å². The first-order valence-corrected chi connectivity index (χ1v) is 7.91. The lowest BCUT2D eigenvalue weighted by molar-refractivity contribution is 1.48. The molecule has 2 aromatic carbocycles. The summed E-state index contributed by atoms with van der Waals surface area (Å²) in [5.74, 6) is 0. The minimum Gasteiger partial charge on any atom is -0.355 e. The van der Waals surface area contributed by atoms with Crippen LogP contribution in [0.4, 0.5) is 11.4 Å². The summed E-state index contributed by atoms with van der Waals surface area (Å²) in [5.41, 5.74) is 2.05. The topological polar surface area (TPSA) is 12.0 Å². The van der Waals surface area contributed by atoms with Crippen molar-refractivity contribution in [2.75, 3.05) is 5.32 Å². The Kier molecular flexibility index (Phi) is 4.69. The zero-order valence-electron chi connectivity index (χ0n) is 8.48. The molecule has 0 aliphatic rings. The summed E-state index contributed by atoms with van der Waals surface area (Å²) in [5, 5.41) is 3.35. The minimum atomic E-state index is 1.01. The molecule has 0 fully saturated rings. The second kappa shape index (κ2) is 5.87. The van der Waals surface area contributed by atoms with Gasteiger partial charge in [0.1, 0.15) is 0 Å². The summed E-state index contributed by atoms with van der Waals surface area (Å²) in [6.07, 6.45) is 0. The molecule has 0 bridgehead atoms. The summed E-state index contributed by atoms with van der Waals surface area (Å²) in [7, 11) is 0. The standard InChI is InChI=1S/C12H7Br4N/c13-8-5-4-7(6-10(8)15)17-11-3-1-2-9(14)12(11)16/h1-6,17H. The zero-order chi connectivity index (χ0) is 12.4. The number of nitrogens with one attached hydrogen (secondary N) is 1. The van der Waals surface area contributed by atoms with Gasteiger partial charge in [-0.3, -0.25) is 0 Å². The Hall–Kier alpha value is 0.160. The second-order valence-electron chi connectivity index (χ2n) is 3.36. The Morgan fingerprint density at radius 3 is 2.24 bits per heavy atom. The van der Waals surface area contributed by atoms with Crippen LogP contribution in [0.15, 0.2) is 54.3 Å². The van der Waals surface area contributed by atoms with E-state index >= 15 is 0 Å². The lowest BCUT2D eigenvalue weighted by Crippen LogP contribution is -1.91. The van der Waals surface area contributed by atoms with Gasteiger partial charge in [0.25, 0.3) is 0 Å². The minimum absolute atomic E-state index is 1.01. The largest absolute Gasteiger partial charge is 0.355 e. The van der Waals surface area contributed by atoms with E-state index in [1.165, 1.54) is 0 Å². The van der Waals surface area contributed by atoms with Crippen LogP contribution in [-0.4, -0.2) is 0 Å². The summed E-state index contributed by atoms with van der Waals surface area (Å²) in [6, 6.07) is 12.0. The van der Waals surface area contributed by atoms with E-state index in [-0.39, 0.29) is 0 Å². The molecular formula is C12H7Br4N. The first-order chi connectivity index (χ1) is 8.08. The molecule has 0 aromatic heterocycles. The molecule has 0 spiro atoms. The second-order valence-corrected chi connectivity index (χ2v) is 6.71. The van der Waals surface area contributed by atoms with Crippen molar-refractivity contribution >= 4 is 75.1 Å². The molecule has 0 saturated carbocycles. The van der Waals surface area contributed by atoms with Crippen molar-refractivity contribution in [1.29, 1.82) is 0 Å². The number of hydrogen-bond donors (Lipinski definition) is 1. The van der Waals surface area contributed by atoms with Crippen LogP contribution in [0.3, 0.4) is 0 Å². The van der Waals surface area contributed by atoms with Crippen molar-refractivity contribution in [3.8, 4) is 0 Å². The molecule has 88 valence electrons. The predicted octanol–water partition coefficient (Wildman–Crippen LogP) is 6.48. The highest BCUT2D eigenvalue weighted by molar-refractivity contribution is 9.13. The highest BCUT2D eigenvalue weighted by atomic mass is 79.9. The van der Waals surface area contributed by atoms with Crippen LogP contribution in [0.1, 0.15) is 0 Å². The van der Waals surface area contributed by atoms with E-state index in [1.54, 1.807) is 0 Å². The Morgan fingerprint density at radius 2 is 1.53 bits per heavy atom. The molecule has 0 heterocycles. The summed E-state index contributed by atoms with van der Waals surface area (Å²) in [6.45, 7) is 0. The van der Waals surface area contributed by atoms with Crippen molar-refractivity contribution in [3.05, 3.63) is 54.3 Å². The lowest BCUT2D eigenvalue weighted by atomic mass is 10.3. The van der Waals surface area contributed by atoms with Gasteiger partial charge < -0.3 is 5.32 Å². The Bertz CT molecular complexity index is 554. The normalized spacial score (nSPS) is 10.4. The highest BCUT2D eigenvalue weighted by Crippen LogP contribution is 2.34. The number of halogens is 4. The zero-order valence-corrected chi connectivity index (χ0v) is 14.8. The molecule has 0 amide bonds. The fourth-order valence-electron chi connectivity index (χ4n) is 1.33. The van der Waals surface area contributed by atoms with Crippen LogP contribution in [-0.2, 0) is 0 Å². The average Bonchev–Trinajstić information content (AvgIpc) is 2.30. The number of hydrogen-bond acceptors (Lipinski definition) is 1. The van der Waals surface area contributed by atoms with Gasteiger partial charge in [-0.05, 0) is 94.1 Å². The highest BCUT2D eigenvalue weighted by Gasteiger charge is 2.04. The molecule has 0 radical (unpaired) electrons. The molecule has 1 nitrogen and oxygen atoms in total. The quantitative estimate of drug-likeness (QED) is 0.514. The third kappa shape index (κ3) is 3.34. The van der Waals surface area contributed by atoms with E-state index in [9.17, 15) is 0 Å². The van der Waals surface area contributed by atoms with Gasteiger partial charge in [0.05, 0.1) is 10.2 Å². The van der Waals surface area contributed by atoms with Crippen LogP contribution in [0, 0.1) is 0 Å². The number of rotatable bonds is 2. The van der Waals surface area contributed by atoms with E-state index in [2.05, 4.69) is 69.0 Å². The predicted molar refractivity (Wildman–Crippen MR) is 87.0 cm³/mol. The average molecular weight is 485 g/mol. The molecule has 1 N–H and O–H groups in total. The van der Waals surface area contributed by atoms with Crippen molar-refractivity contribution in [2.24, 2.45) is 0 Å². The molecule has 0 aliphatic heterocycles. The Labute approximate surface area is 134 Å².